The molecule has 2 aromatic heterocycles. The highest BCUT2D eigenvalue weighted by Gasteiger charge is 2.34. The number of hydrogen-bond acceptors (Lipinski definition) is 2. The Balaban J connectivity index is 0.000000185. The molecule has 0 aliphatic heterocycles. The predicted octanol–water partition coefficient (Wildman–Crippen LogP) is 32.4. The second kappa shape index (κ2) is 32.4. The molecule has 0 radical (unpaired) electrons. The number of nitrogens with zero attached hydrogens (tertiary/aromatic N) is 4. The number of rotatable bonds is 18. The number of aryl methyl sites for hydroxylation is 2. The highest BCUT2D eigenvalue weighted by atomic mass is 15.1. The van der Waals surface area contributed by atoms with Gasteiger partial charge in [-0.25, -0.2) is 0 Å². The van der Waals surface area contributed by atoms with Crippen LogP contribution in [0.25, 0.3) is 77.2 Å². The Labute approximate surface area is 737 Å². The first-order valence-electron chi connectivity index (χ1n) is 47.5. The molecule has 0 N–H and O–H groups in total. The molecule has 0 amide bonds. The Kier molecular flexibility index (Phi) is 18.4. The zero-order chi connectivity index (χ0) is 93.7. The van der Waals surface area contributed by atoms with Crippen LogP contribution in [0.2, 0.25) is 0 Å². The SMILES string of the molecule is [2H]c1c([2H])c([2H])c(-c2ccc3c(c2)c2cc(N(c4ccc(C(C)(C)C)cc4)c4ccc(C(C)(C)C)cc4)ccc2n3-c2cc(C(C)(C)c3ccccc3)cc(C(C)(C)c3ccccc3)c2)c([2H])c1[2H].[2H]c1c([2H])c([2H])c(-c2ccc3c(c2)c2cc(N(c4ccc(C)cc4)c4ccc(C)cc4)ccc2n3-c2cc(C(C)(C)c3ccccc3)cc(C(C)(C)c3ccccc3)c2)c([2H])c1[2H]. The summed E-state index contributed by atoms with van der Waals surface area (Å²) < 4.78 is 91.3. The van der Waals surface area contributed by atoms with Crippen LogP contribution in [-0.2, 0) is 32.5 Å². The molecule has 4 heteroatoms. The Morgan fingerprint density at radius 2 is 0.459 bits per heavy atom. The van der Waals surface area contributed by atoms with Gasteiger partial charge < -0.3 is 18.9 Å². The third-order valence-electron chi connectivity index (χ3n) is 25.4. The monoisotopic (exact) mass is 1590 g/mol. The zero-order valence-corrected chi connectivity index (χ0v) is 73.0. The maximum absolute atomic E-state index is 8.99. The lowest BCUT2D eigenvalue weighted by atomic mass is 9.73. The van der Waals surface area contributed by atoms with E-state index in [-0.39, 0.29) is 92.0 Å². The van der Waals surface area contributed by atoms with Crippen molar-refractivity contribution in [2.24, 2.45) is 0 Å². The van der Waals surface area contributed by atoms with Crippen molar-refractivity contribution in [1.29, 1.82) is 0 Å². The van der Waals surface area contributed by atoms with Crippen molar-refractivity contribution in [3.05, 3.63) is 455 Å². The van der Waals surface area contributed by atoms with Gasteiger partial charge in [-0.15, -0.1) is 0 Å². The van der Waals surface area contributed by atoms with Gasteiger partial charge in [-0.1, -0.05) is 363 Å². The average molecular weight is 1600 g/mol. The van der Waals surface area contributed by atoms with Gasteiger partial charge in [-0.05, 0) is 236 Å². The molecular formula is C118H112N4. The summed E-state index contributed by atoms with van der Waals surface area (Å²) in [5.41, 5.74) is 26.3. The van der Waals surface area contributed by atoms with E-state index < -0.39 is 12.1 Å². The van der Waals surface area contributed by atoms with Crippen LogP contribution in [0.1, 0.15) is 177 Å². The smallest absolute Gasteiger partial charge is 0.0629 e. The van der Waals surface area contributed by atoms with Crippen LogP contribution in [0.15, 0.2) is 388 Å². The van der Waals surface area contributed by atoms with Gasteiger partial charge in [0, 0.05) is 88.7 Å². The normalized spacial score (nSPS) is 13.4. The van der Waals surface area contributed by atoms with Crippen molar-refractivity contribution in [1.82, 2.24) is 9.13 Å². The molecule has 0 saturated carbocycles. The van der Waals surface area contributed by atoms with Crippen LogP contribution in [0.5, 0.6) is 0 Å². The van der Waals surface area contributed by atoms with Crippen LogP contribution in [0, 0.1) is 13.8 Å². The number of benzene rings is 16. The fourth-order valence-electron chi connectivity index (χ4n) is 17.5. The Hall–Kier alpha value is -13.3. The maximum Gasteiger partial charge on any atom is 0.0629 e. The van der Waals surface area contributed by atoms with Gasteiger partial charge >= 0.3 is 0 Å². The highest BCUT2D eigenvalue weighted by molar-refractivity contribution is 6.13. The largest absolute Gasteiger partial charge is 0.310 e. The van der Waals surface area contributed by atoms with Gasteiger partial charge in [0.05, 0.1) is 35.8 Å². The summed E-state index contributed by atoms with van der Waals surface area (Å²) in [5, 5.41) is 3.74. The molecule has 0 aliphatic carbocycles. The Morgan fingerprint density at radius 3 is 0.730 bits per heavy atom. The molecule has 0 aliphatic rings. The maximum atomic E-state index is 8.99. The van der Waals surface area contributed by atoms with E-state index in [1.54, 1.807) is 0 Å². The first kappa shape index (κ1) is 69.5. The third-order valence-corrected chi connectivity index (χ3v) is 25.4. The molecule has 18 rings (SSSR count). The van der Waals surface area contributed by atoms with Gasteiger partial charge in [0.1, 0.15) is 0 Å². The molecule has 4 nitrogen and oxygen atoms in total. The third kappa shape index (κ3) is 15.8. The van der Waals surface area contributed by atoms with E-state index in [4.69, 9.17) is 13.7 Å². The van der Waals surface area contributed by atoms with Crippen molar-refractivity contribution in [3.63, 3.8) is 0 Å². The van der Waals surface area contributed by atoms with Crippen molar-refractivity contribution < 1.29 is 13.7 Å². The Bertz CT molecular complexity index is 7130. The number of anilines is 6. The minimum Gasteiger partial charge on any atom is -0.310 e. The van der Waals surface area contributed by atoms with Crippen LogP contribution in [0.3, 0.4) is 0 Å². The fraction of sp³-hybridized carbons (Fsp3) is 0.186. The molecule has 604 valence electrons. The van der Waals surface area contributed by atoms with Crippen molar-refractivity contribution in [3.8, 4) is 33.6 Å². The van der Waals surface area contributed by atoms with E-state index in [2.05, 4.69) is 427 Å². The van der Waals surface area contributed by atoms with Crippen LogP contribution in [-0.4, -0.2) is 9.13 Å². The molecule has 18 aromatic rings. The number of fused-ring (bicyclic) bond motifs is 6. The number of hydrogen-bond donors (Lipinski definition) is 0. The molecule has 0 saturated heterocycles. The van der Waals surface area contributed by atoms with Crippen LogP contribution in [0.4, 0.5) is 34.1 Å². The fourth-order valence-corrected chi connectivity index (χ4v) is 17.5. The molecule has 2 heterocycles. The summed E-state index contributed by atoms with van der Waals surface area (Å²) in [6.07, 6.45) is 0. The van der Waals surface area contributed by atoms with Gasteiger partial charge in [-0.2, -0.15) is 0 Å². The second-order valence-electron chi connectivity index (χ2n) is 37.0. The summed E-state index contributed by atoms with van der Waals surface area (Å²) >= 11 is 0. The zero-order valence-electron chi connectivity index (χ0n) is 83.0. The minimum atomic E-state index is -0.408. The van der Waals surface area contributed by atoms with Crippen molar-refractivity contribution in [2.75, 3.05) is 9.80 Å². The van der Waals surface area contributed by atoms with E-state index in [0.29, 0.717) is 11.1 Å². The van der Waals surface area contributed by atoms with Crippen LogP contribution < -0.4 is 9.80 Å². The van der Waals surface area contributed by atoms with Gasteiger partial charge in [0.15, 0.2) is 0 Å². The van der Waals surface area contributed by atoms with Crippen LogP contribution >= 0.6 is 0 Å². The lowest BCUT2D eigenvalue weighted by molar-refractivity contribution is 0.590. The molecule has 0 atom stereocenters. The number of aromatic nitrogens is 2. The average Bonchev–Trinajstić information content (AvgIpc) is 1.57. The molecule has 0 spiro atoms. The molecule has 0 bridgehead atoms. The summed E-state index contributed by atoms with van der Waals surface area (Å²) in [4.78, 5) is 4.58. The summed E-state index contributed by atoms with van der Waals surface area (Å²) in [6, 6.07) is 114. The van der Waals surface area contributed by atoms with E-state index in [1.807, 2.05) is 30.3 Å². The highest BCUT2D eigenvalue weighted by Crippen LogP contribution is 2.48. The lowest BCUT2D eigenvalue weighted by Crippen LogP contribution is -2.23. The second-order valence-corrected chi connectivity index (χ2v) is 37.0. The predicted molar refractivity (Wildman–Crippen MR) is 523 cm³/mol. The first-order chi connectivity index (χ1) is 62.7. The molecule has 0 unspecified atom stereocenters. The first-order valence-corrected chi connectivity index (χ1v) is 42.5. The van der Waals surface area contributed by atoms with E-state index in [1.165, 1.54) is 66.8 Å². The summed E-state index contributed by atoms with van der Waals surface area (Å²) in [6.45, 7) is 35.9. The van der Waals surface area contributed by atoms with Crippen molar-refractivity contribution >= 4 is 77.7 Å². The van der Waals surface area contributed by atoms with Gasteiger partial charge in [0.25, 0.3) is 0 Å². The molecular weight excluding hydrogens is 1470 g/mol. The lowest BCUT2D eigenvalue weighted by Gasteiger charge is -2.32. The molecule has 0 fully saturated rings. The molecule has 16 aromatic carbocycles. The standard InChI is InChI=1S/C62H62N2.C56H50N2/c1-59(2,3)45-27-31-51(32-28-45)63(52-33-29-46(30-34-52)60(4,5)6)53-35-37-58-56(42-53)55-38-44(43-20-14-11-15-21-43)26-36-57(55)64(58)54-40-49(61(7,8)47-22-16-12-17-23-47)39-50(41-54)62(9,10)48-24-18-13-19-25-48;1-39-22-27-47(28-23-39)57(48-29-24-40(2)25-30-48)49-31-33-54-52(38-49)51-34-42(41-16-10-7-11-17-41)26-32-53(51)58(54)50-36-45(55(3,4)43-18-12-8-13-19-43)35-46(37-50)56(5,6)44-20-14-9-15-21-44/h11-42H,1-10H3;7-38H,1-6H3/i11D,14D,15D,20D,21D;7D,10D,11D,16D,17D. The topological polar surface area (TPSA) is 16.3 Å². The van der Waals surface area contributed by atoms with E-state index in [0.717, 1.165) is 89.1 Å². The summed E-state index contributed by atoms with van der Waals surface area (Å²) in [7, 11) is 0. The van der Waals surface area contributed by atoms with E-state index >= 15 is 0 Å². The minimum absolute atomic E-state index is 0.0137. The van der Waals surface area contributed by atoms with Gasteiger partial charge in [0.2, 0.25) is 0 Å². The summed E-state index contributed by atoms with van der Waals surface area (Å²) in [5.74, 6) is 0. The van der Waals surface area contributed by atoms with Gasteiger partial charge in [-0.3, -0.25) is 0 Å². The van der Waals surface area contributed by atoms with E-state index in [9.17, 15) is 0 Å². The molecule has 122 heavy (non-hydrogen) atoms. The van der Waals surface area contributed by atoms with Crippen molar-refractivity contribution in [2.45, 2.75) is 143 Å². The Morgan fingerprint density at radius 1 is 0.213 bits per heavy atom. The quantitative estimate of drug-likeness (QED) is 0.0851.